The van der Waals surface area contributed by atoms with E-state index >= 15 is 0 Å². The summed E-state index contributed by atoms with van der Waals surface area (Å²) in [7, 11) is 0. The van der Waals surface area contributed by atoms with Crippen molar-refractivity contribution in [1.82, 2.24) is 14.9 Å². The van der Waals surface area contributed by atoms with Crippen molar-refractivity contribution in [2.75, 3.05) is 18.8 Å². The number of benzene rings is 1. The van der Waals surface area contributed by atoms with E-state index in [0.717, 1.165) is 11.8 Å². The van der Waals surface area contributed by atoms with E-state index in [0.29, 0.717) is 18.5 Å². The van der Waals surface area contributed by atoms with Crippen molar-refractivity contribution in [1.29, 1.82) is 0 Å². The number of carbonyl (C=O) groups is 1. The molecule has 1 saturated heterocycles. The Morgan fingerprint density at radius 2 is 1.88 bits per heavy atom. The Kier molecular flexibility index (Phi) is 5.38. The van der Waals surface area contributed by atoms with Crippen molar-refractivity contribution >= 4 is 28.6 Å². The van der Waals surface area contributed by atoms with Gasteiger partial charge in [0.05, 0.1) is 23.5 Å². The van der Waals surface area contributed by atoms with Gasteiger partial charge < -0.3 is 9.64 Å². The first-order chi connectivity index (χ1) is 12.2. The van der Waals surface area contributed by atoms with E-state index < -0.39 is 12.0 Å². The van der Waals surface area contributed by atoms with E-state index in [9.17, 15) is 18.0 Å². The van der Waals surface area contributed by atoms with Gasteiger partial charge in [0, 0.05) is 18.5 Å². The topological polar surface area (TPSA) is 55.3 Å². The molecule has 1 aliphatic rings. The smallest absolute Gasteiger partial charge is 0.372 e. The van der Waals surface area contributed by atoms with Gasteiger partial charge in [0.25, 0.3) is 0 Å². The van der Waals surface area contributed by atoms with Crippen LogP contribution in [-0.2, 0) is 15.7 Å². The number of rotatable bonds is 3. The minimum Gasteiger partial charge on any atom is -0.372 e. The van der Waals surface area contributed by atoms with Crippen molar-refractivity contribution in [3.63, 3.8) is 0 Å². The van der Waals surface area contributed by atoms with Crippen LogP contribution in [-0.4, -0.2) is 51.8 Å². The van der Waals surface area contributed by atoms with Gasteiger partial charge >= 0.3 is 6.18 Å². The lowest BCUT2D eigenvalue weighted by Gasteiger charge is -2.35. The number of carbonyl (C=O) groups excluding carboxylic acids is 1. The second kappa shape index (κ2) is 7.40. The SMILES string of the molecule is CC1CN(C(=O)CSc2nc(C(F)(F)F)nc3ccccc23)CC(C)O1. The third kappa shape index (κ3) is 4.27. The molecule has 2 aromatic rings. The van der Waals surface area contributed by atoms with Gasteiger partial charge in [-0.25, -0.2) is 9.97 Å². The molecule has 0 bridgehead atoms. The van der Waals surface area contributed by atoms with Crippen molar-refractivity contribution in [2.45, 2.75) is 37.3 Å². The van der Waals surface area contributed by atoms with Crippen LogP contribution in [0.5, 0.6) is 0 Å². The van der Waals surface area contributed by atoms with Crippen LogP contribution >= 0.6 is 11.8 Å². The first-order valence-corrected chi connectivity index (χ1v) is 9.12. The summed E-state index contributed by atoms with van der Waals surface area (Å²) in [5, 5.41) is 0.660. The Labute approximate surface area is 152 Å². The molecule has 1 aromatic carbocycles. The minimum atomic E-state index is -4.64. The molecule has 0 radical (unpaired) electrons. The molecule has 0 spiro atoms. The molecule has 2 unspecified atom stereocenters. The molecule has 0 N–H and O–H groups in total. The van der Waals surface area contributed by atoms with Crippen LogP contribution in [0.25, 0.3) is 10.9 Å². The van der Waals surface area contributed by atoms with Crippen LogP contribution in [0.15, 0.2) is 29.3 Å². The van der Waals surface area contributed by atoms with Gasteiger partial charge in [0.15, 0.2) is 0 Å². The fraction of sp³-hybridized carbons (Fsp3) is 0.471. The Balaban J connectivity index is 1.81. The Morgan fingerprint density at radius 1 is 1.23 bits per heavy atom. The first kappa shape index (κ1) is 18.9. The minimum absolute atomic E-state index is 0.0117. The maximum atomic E-state index is 13.0. The average molecular weight is 385 g/mol. The van der Waals surface area contributed by atoms with Gasteiger partial charge in [-0.3, -0.25) is 4.79 Å². The van der Waals surface area contributed by atoms with Gasteiger partial charge in [-0.05, 0) is 19.9 Å². The second-order valence-corrected chi connectivity index (χ2v) is 7.18. The summed E-state index contributed by atoms with van der Waals surface area (Å²) in [6.45, 7) is 4.72. The molecular formula is C17H18F3N3O2S. The molecule has 26 heavy (non-hydrogen) atoms. The maximum Gasteiger partial charge on any atom is 0.451 e. The lowest BCUT2D eigenvalue weighted by Crippen LogP contribution is -2.48. The number of hydrogen-bond donors (Lipinski definition) is 0. The molecule has 2 atom stereocenters. The third-order valence-corrected chi connectivity index (χ3v) is 4.90. The molecule has 3 rings (SSSR count). The highest BCUT2D eigenvalue weighted by atomic mass is 32.2. The third-order valence-electron chi connectivity index (χ3n) is 3.93. The summed E-state index contributed by atoms with van der Waals surface area (Å²) in [5.41, 5.74) is 0.207. The maximum absolute atomic E-state index is 13.0. The molecule has 1 aromatic heterocycles. The molecule has 1 amide bonds. The summed E-state index contributed by atoms with van der Waals surface area (Å²) in [5.74, 6) is -1.33. The summed E-state index contributed by atoms with van der Waals surface area (Å²) in [6, 6.07) is 6.48. The predicted octanol–water partition coefficient (Wildman–Crippen LogP) is 3.38. The largest absolute Gasteiger partial charge is 0.451 e. The van der Waals surface area contributed by atoms with Crippen LogP contribution in [0.4, 0.5) is 13.2 Å². The lowest BCUT2D eigenvalue weighted by molar-refractivity contribution is -0.145. The summed E-state index contributed by atoms with van der Waals surface area (Å²) < 4.78 is 44.7. The van der Waals surface area contributed by atoms with Gasteiger partial charge in [0.2, 0.25) is 11.7 Å². The normalized spacial score (nSPS) is 21.2. The highest BCUT2D eigenvalue weighted by Gasteiger charge is 2.35. The van der Waals surface area contributed by atoms with Crippen LogP contribution in [0, 0.1) is 0 Å². The number of halogens is 3. The molecule has 0 saturated carbocycles. The van der Waals surface area contributed by atoms with E-state index in [1.165, 1.54) is 6.07 Å². The summed E-state index contributed by atoms with van der Waals surface area (Å²) >= 11 is 1.00. The standard InChI is InChI=1S/C17H18F3N3O2S/c1-10-7-23(8-11(2)25-10)14(24)9-26-15-12-5-3-4-6-13(12)21-16(22-15)17(18,19)20/h3-6,10-11H,7-9H2,1-2H3. The number of alkyl halides is 3. The van der Waals surface area contributed by atoms with Crippen LogP contribution in [0.2, 0.25) is 0 Å². The molecule has 1 fully saturated rings. The molecule has 9 heteroatoms. The van der Waals surface area contributed by atoms with Gasteiger partial charge in [0.1, 0.15) is 5.03 Å². The summed E-state index contributed by atoms with van der Waals surface area (Å²) in [4.78, 5) is 21.4. The number of amides is 1. The zero-order valence-corrected chi connectivity index (χ0v) is 15.1. The number of aromatic nitrogens is 2. The average Bonchev–Trinajstić information content (AvgIpc) is 2.57. The zero-order chi connectivity index (χ0) is 18.9. The van der Waals surface area contributed by atoms with E-state index in [1.54, 1.807) is 23.1 Å². The van der Waals surface area contributed by atoms with Crippen LogP contribution in [0.1, 0.15) is 19.7 Å². The number of fused-ring (bicyclic) bond motifs is 1. The molecule has 140 valence electrons. The number of morpholine rings is 1. The van der Waals surface area contributed by atoms with E-state index in [-0.39, 0.29) is 34.4 Å². The molecule has 5 nitrogen and oxygen atoms in total. The lowest BCUT2D eigenvalue weighted by atomic mass is 10.2. The number of nitrogens with zero attached hydrogens (tertiary/aromatic N) is 3. The number of thioether (sulfide) groups is 1. The Bertz CT molecular complexity index is 805. The number of para-hydroxylation sites is 1. The predicted molar refractivity (Wildman–Crippen MR) is 91.9 cm³/mol. The van der Waals surface area contributed by atoms with Gasteiger partial charge in [-0.2, -0.15) is 13.2 Å². The van der Waals surface area contributed by atoms with E-state index in [1.807, 2.05) is 13.8 Å². The molecule has 1 aliphatic heterocycles. The van der Waals surface area contributed by atoms with Crippen molar-refractivity contribution in [3.8, 4) is 0 Å². The highest BCUT2D eigenvalue weighted by molar-refractivity contribution is 8.00. The van der Waals surface area contributed by atoms with Gasteiger partial charge in [-0.1, -0.05) is 30.0 Å². The monoisotopic (exact) mass is 385 g/mol. The Morgan fingerprint density at radius 3 is 2.54 bits per heavy atom. The van der Waals surface area contributed by atoms with E-state index in [4.69, 9.17) is 4.74 Å². The number of ether oxygens (including phenoxy) is 1. The van der Waals surface area contributed by atoms with E-state index in [2.05, 4.69) is 9.97 Å². The van der Waals surface area contributed by atoms with Crippen LogP contribution < -0.4 is 0 Å². The molecular weight excluding hydrogens is 367 g/mol. The first-order valence-electron chi connectivity index (χ1n) is 8.14. The quantitative estimate of drug-likeness (QED) is 0.599. The fourth-order valence-electron chi connectivity index (χ4n) is 2.89. The van der Waals surface area contributed by atoms with Crippen molar-refractivity contribution in [3.05, 3.63) is 30.1 Å². The van der Waals surface area contributed by atoms with Gasteiger partial charge in [-0.15, -0.1) is 0 Å². The van der Waals surface area contributed by atoms with Crippen LogP contribution in [0.3, 0.4) is 0 Å². The number of hydrogen-bond acceptors (Lipinski definition) is 5. The van der Waals surface area contributed by atoms with Crippen molar-refractivity contribution in [2.24, 2.45) is 0 Å². The Hall–Kier alpha value is -1.87. The summed E-state index contributed by atoms with van der Waals surface area (Å²) in [6.07, 6.45) is -4.77. The molecule has 0 aliphatic carbocycles. The van der Waals surface area contributed by atoms with Crippen molar-refractivity contribution < 1.29 is 22.7 Å². The zero-order valence-electron chi connectivity index (χ0n) is 14.3. The highest BCUT2D eigenvalue weighted by Crippen LogP contribution is 2.32. The second-order valence-electron chi connectivity index (χ2n) is 6.21. The molecule has 2 heterocycles. The fourth-order valence-corrected chi connectivity index (χ4v) is 3.81.